The molecule has 1 aromatic carbocycles. The number of hydrazine groups is 1. The molecule has 0 spiro atoms. The molecule has 1 heterocycles. The average Bonchev–Trinajstić information content (AvgIpc) is 2.61. The van der Waals surface area contributed by atoms with Crippen LogP contribution in [0, 0.1) is 11.8 Å². The summed E-state index contributed by atoms with van der Waals surface area (Å²) in [7, 11) is 3.24. The van der Waals surface area contributed by atoms with Gasteiger partial charge < -0.3 is 20.6 Å². The number of nitrogens with two attached hydrogens (primary N) is 2. The summed E-state index contributed by atoms with van der Waals surface area (Å²) in [4.78, 5) is 8.28. The van der Waals surface area contributed by atoms with Gasteiger partial charge in [0.15, 0.2) is 5.82 Å². The fourth-order valence-corrected chi connectivity index (χ4v) is 2.27. The second kappa shape index (κ2) is 8.04. The van der Waals surface area contributed by atoms with E-state index in [1.165, 1.54) is 0 Å². The van der Waals surface area contributed by atoms with Crippen molar-refractivity contribution in [3.63, 3.8) is 0 Å². The normalized spacial score (nSPS) is 9.83. The first-order valence-corrected chi connectivity index (χ1v) is 7.45. The van der Waals surface area contributed by atoms with E-state index in [2.05, 4.69) is 27.2 Å². The SMILES string of the molecule is CCc1nc(N)nc(NN)c1C#CCc1cc(OC)ccc1OC. The summed E-state index contributed by atoms with van der Waals surface area (Å²) in [6.07, 6.45) is 1.16. The second-order valence-corrected chi connectivity index (χ2v) is 4.91. The maximum Gasteiger partial charge on any atom is 0.222 e. The van der Waals surface area contributed by atoms with E-state index < -0.39 is 0 Å². The molecule has 126 valence electrons. The Morgan fingerprint density at radius 2 is 2.00 bits per heavy atom. The van der Waals surface area contributed by atoms with Crippen LogP contribution in [-0.4, -0.2) is 24.2 Å². The minimum absolute atomic E-state index is 0.166. The van der Waals surface area contributed by atoms with Crippen LogP contribution in [0.15, 0.2) is 18.2 Å². The van der Waals surface area contributed by atoms with Gasteiger partial charge in [0.25, 0.3) is 0 Å². The zero-order chi connectivity index (χ0) is 17.5. The molecule has 0 radical (unpaired) electrons. The predicted molar refractivity (Wildman–Crippen MR) is 93.8 cm³/mol. The van der Waals surface area contributed by atoms with Crippen molar-refractivity contribution in [3.05, 3.63) is 35.0 Å². The van der Waals surface area contributed by atoms with E-state index in [1.807, 2.05) is 25.1 Å². The van der Waals surface area contributed by atoms with E-state index in [9.17, 15) is 0 Å². The fourth-order valence-electron chi connectivity index (χ4n) is 2.27. The van der Waals surface area contributed by atoms with Gasteiger partial charge in [-0.1, -0.05) is 18.8 Å². The first-order chi connectivity index (χ1) is 11.6. The van der Waals surface area contributed by atoms with Crippen molar-refractivity contribution in [2.24, 2.45) is 5.84 Å². The van der Waals surface area contributed by atoms with Crippen LogP contribution in [0.3, 0.4) is 0 Å². The Balaban J connectivity index is 2.35. The zero-order valence-electron chi connectivity index (χ0n) is 14.0. The largest absolute Gasteiger partial charge is 0.497 e. The van der Waals surface area contributed by atoms with Gasteiger partial charge in [-0.3, -0.25) is 0 Å². The fraction of sp³-hybridized carbons (Fsp3) is 0.294. The molecule has 0 saturated heterocycles. The van der Waals surface area contributed by atoms with Crippen LogP contribution < -0.4 is 26.5 Å². The highest BCUT2D eigenvalue weighted by Crippen LogP contribution is 2.24. The summed E-state index contributed by atoms with van der Waals surface area (Å²) in [6.45, 7) is 1.97. The van der Waals surface area contributed by atoms with E-state index in [0.717, 1.165) is 22.8 Å². The summed E-state index contributed by atoms with van der Waals surface area (Å²) < 4.78 is 10.6. The average molecular weight is 327 g/mol. The Labute approximate surface area is 141 Å². The number of anilines is 2. The van der Waals surface area contributed by atoms with E-state index in [4.69, 9.17) is 21.1 Å². The molecule has 0 aliphatic heterocycles. The van der Waals surface area contributed by atoms with Crippen molar-refractivity contribution < 1.29 is 9.47 Å². The topological polar surface area (TPSA) is 108 Å². The van der Waals surface area contributed by atoms with Crippen molar-refractivity contribution in [1.29, 1.82) is 0 Å². The lowest BCUT2D eigenvalue weighted by atomic mass is 10.1. The minimum Gasteiger partial charge on any atom is -0.497 e. The van der Waals surface area contributed by atoms with E-state index >= 15 is 0 Å². The molecule has 7 heteroatoms. The van der Waals surface area contributed by atoms with Crippen LogP contribution >= 0.6 is 0 Å². The molecule has 0 bridgehead atoms. The van der Waals surface area contributed by atoms with Gasteiger partial charge in [0.2, 0.25) is 5.95 Å². The molecule has 2 aromatic rings. The number of hydrogen-bond acceptors (Lipinski definition) is 7. The van der Waals surface area contributed by atoms with Crippen LogP contribution in [0.4, 0.5) is 11.8 Å². The van der Waals surface area contributed by atoms with E-state index in [1.54, 1.807) is 14.2 Å². The molecule has 0 amide bonds. The number of nitrogens with one attached hydrogen (secondary N) is 1. The van der Waals surface area contributed by atoms with Gasteiger partial charge in [0.1, 0.15) is 11.5 Å². The monoisotopic (exact) mass is 327 g/mol. The molecular weight excluding hydrogens is 306 g/mol. The highest BCUT2D eigenvalue weighted by atomic mass is 16.5. The minimum atomic E-state index is 0.166. The van der Waals surface area contributed by atoms with Gasteiger partial charge >= 0.3 is 0 Å². The molecule has 24 heavy (non-hydrogen) atoms. The summed E-state index contributed by atoms with van der Waals surface area (Å²) in [5, 5.41) is 0. The Hall–Kier alpha value is -2.98. The second-order valence-electron chi connectivity index (χ2n) is 4.91. The number of methoxy groups -OCH3 is 2. The Morgan fingerprint density at radius 1 is 1.21 bits per heavy atom. The zero-order valence-corrected chi connectivity index (χ0v) is 14.0. The number of ether oxygens (including phenoxy) is 2. The van der Waals surface area contributed by atoms with Gasteiger partial charge in [-0.05, 0) is 24.6 Å². The third kappa shape index (κ3) is 3.86. The third-order valence-electron chi connectivity index (χ3n) is 3.45. The maximum absolute atomic E-state index is 5.67. The number of nitrogen functional groups attached to an aromatic ring is 2. The Morgan fingerprint density at radius 3 is 2.62 bits per heavy atom. The van der Waals surface area contributed by atoms with Crippen molar-refractivity contribution in [1.82, 2.24) is 9.97 Å². The lowest BCUT2D eigenvalue weighted by Gasteiger charge is -2.09. The van der Waals surface area contributed by atoms with Crippen LogP contribution in [0.5, 0.6) is 11.5 Å². The number of hydrogen-bond donors (Lipinski definition) is 3. The lowest BCUT2D eigenvalue weighted by molar-refractivity contribution is 0.400. The molecule has 7 nitrogen and oxygen atoms in total. The summed E-state index contributed by atoms with van der Waals surface area (Å²) in [5.74, 6) is 13.8. The van der Waals surface area contributed by atoms with Gasteiger partial charge in [-0.15, -0.1) is 0 Å². The highest BCUT2D eigenvalue weighted by Gasteiger charge is 2.09. The molecular formula is C17H21N5O2. The lowest BCUT2D eigenvalue weighted by Crippen LogP contribution is -2.14. The number of aryl methyl sites for hydroxylation is 1. The smallest absolute Gasteiger partial charge is 0.222 e. The number of aromatic nitrogens is 2. The van der Waals surface area contributed by atoms with Crippen LogP contribution in [0.1, 0.15) is 23.7 Å². The van der Waals surface area contributed by atoms with Crippen molar-refractivity contribution in [2.45, 2.75) is 19.8 Å². The standard InChI is InChI=1S/C17H21N5O2/c1-4-14-13(16(22-19)21-17(18)20-14)7-5-6-11-10-12(23-2)8-9-15(11)24-3/h8-10H,4,6,19H2,1-3H3,(H3,18,20,21,22). The quantitative estimate of drug-likeness (QED) is 0.434. The highest BCUT2D eigenvalue weighted by molar-refractivity contribution is 5.58. The number of benzene rings is 1. The van der Waals surface area contributed by atoms with Gasteiger partial charge in [-0.25, -0.2) is 10.8 Å². The van der Waals surface area contributed by atoms with Crippen LogP contribution in [0.2, 0.25) is 0 Å². The predicted octanol–water partition coefficient (Wildman–Crippen LogP) is 1.52. The van der Waals surface area contributed by atoms with Crippen molar-refractivity contribution >= 4 is 11.8 Å². The Kier molecular flexibility index (Phi) is 5.82. The third-order valence-corrected chi connectivity index (χ3v) is 3.45. The molecule has 2 rings (SSSR count). The summed E-state index contributed by atoms with van der Waals surface area (Å²) in [5.41, 5.74) is 10.5. The maximum atomic E-state index is 5.67. The molecule has 0 unspecified atom stereocenters. The van der Waals surface area contributed by atoms with Crippen molar-refractivity contribution in [3.8, 4) is 23.3 Å². The van der Waals surface area contributed by atoms with Gasteiger partial charge in [0.05, 0.1) is 25.5 Å². The number of nitrogens with zero attached hydrogens (tertiary/aromatic N) is 2. The van der Waals surface area contributed by atoms with Gasteiger partial charge in [-0.2, -0.15) is 4.98 Å². The van der Waals surface area contributed by atoms with Crippen molar-refractivity contribution in [2.75, 3.05) is 25.4 Å². The number of rotatable bonds is 5. The van der Waals surface area contributed by atoms with Crippen LogP contribution in [0.25, 0.3) is 0 Å². The molecule has 0 aliphatic carbocycles. The van der Waals surface area contributed by atoms with Crippen LogP contribution in [-0.2, 0) is 12.8 Å². The summed E-state index contributed by atoms with van der Waals surface area (Å²) in [6, 6.07) is 5.59. The molecule has 5 N–H and O–H groups in total. The summed E-state index contributed by atoms with van der Waals surface area (Å²) >= 11 is 0. The van der Waals surface area contributed by atoms with E-state index in [-0.39, 0.29) is 5.95 Å². The van der Waals surface area contributed by atoms with Gasteiger partial charge in [0, 0.05) is 12.0 Å². The first kappa shape index (κ1) is 17.4. The Bertz CT molecular complexity index is 755. The molecule has 0 saturated carbocycles. The first-order valence-electron chi connectivity index (χ1n) is 7.45. The molecule has 0 atom stereocenters. The molecule has 1 aromatic heterocycles. The molecule has 0 aliphatic rings. The molecule has 0 fully saturated rings. The van der Waals surface area contributed by atoms with E-state index in [0.29, 0.717) is 24.2 Å².